The van der Waals surface area contributed by atoms with Crippen LogP contribution in [0.15, 0.2) is 66.9 Å². The Morgan fingerprint density at radius 3 is 2.48 bits per heavy atom. The Morgan fingerprint density at radius 1 is 1.00 bits per heavy atom. The van der Waals surface area contributed by atoms with Crippen molar-refractivity contribution in [1.29, 1.82) is 0 Å². The van der Waals surface area contributed by atoms with Crippen LogP contribution in [0.3, 0.4) is 0 Å². The predicted octanol–water partition coefficient (Wildman–Crippen LogP) is 0.146. The van der Waals surface area contributed by atoms with Crippen LogP contribution in [0.2, 0.25) is 0 Å². The molecule has 0 spiro atoms. The summed E-state index contributed by atoms with van der Waals surface area (Å²) in [5, 5.41) is 11.0. The van der Waals surface area contributed by atoms with Gasteiger partial charge in [-0.15, -0.1) is 4.57 Å². The minimum atomic E-state index is -0.396. The smallest absolute Gasteiger partial charge is 0.424 e. The van der Waals surface area contributed by atoms with E-state index in [0.29, 0.717) is 12.0 Å². The van der Waals surface area contributed by atoms with Crippen molar-refractivity contribution in [3.05, 3.63) is 93.8 Å². The molecule has 3 aromatic rings. The number of halogens is 1. The molecule has 1 aliphatic rings. The molecule has 1 aromatic heterocycles. The molecule has 0 radical (unpaired) electrons. The number of nitro groups is 1. The van der Waals surface area contributed by atoms with Gasteiger partial charge in [0.2, 0.25) is 5.69 Å². The minimum absolute atomic E-state index is 0. The summed E-state index contributed by atoms with van der Waals surface area (Å²) in [4.78, 5) is 23.4. The maximum atomic E-state index is 12.8. The first-order valence-electron chi connectivity index (χ1n) is 7.56. The molecule has 0 amide bonds. The topological polar surface area (TPSA) is 64.1 Å². The molecule has 0 saturated heterocycles. The van der Waals surface area contributed by atoms with Crippen molar-refractivity contribution < 1.29 is 26.7 Å². The number of carbonyl (C=O) groups is 1. The number of hydrogen-bond acceptors (Lipinski definition) is 3. The van der Waals surface area contributed by atoms with E-state index in [1.54, 1.807) is 35.0 Å². The second-order valence-electron chi connectivity index (χ2n) is 5.69. The standard InChI is InChI=1S/C19H13N2O3.ClH/c22-19(13-5-2-1-3-6-13)20-10-4-7-17-16-9-8-15(21(23)24)11-14(16)12-18(17)20;/h1-11H,12H2;1H/q+1;/p-1. The van der Waals surface area contributed by atoms with E-state index >= 15 is 0 Å². The molecule has 4 rings (SSSR count). The van der Waals surface area contributed by atoms with Crippen LogP contribution in [0.5, 0.6) is 0 Å². The van der Waals surface area contributed by atoms with Crippen molar-refractivity contribution in [3.8, 4) is 11.1 Å². The highest BCUT2D eigenvalue weighted by Crippen LogP contribution is 2.36. The number of nitro benzene ring substituents is 1. The van der Waals surface area contributed by atoms with E-state index in [2.05, 4.69) is 0 Å². The first-order chi connectivity index (χ1) is 11.6. The van der Waals surface area contributed by atoms with Gasteiger partial charge in [0.25, 0.3) is 5.69 Å². The summed E-state index contributed by atoms with van der Waals surface area (Å²) in [6, 6.07) is 17.7. The summed E-state index contributed by atoms with van der Waals surface area (Å²) < 4.78 is 1.64. The van der Waals surface area contributed by atoms with Crippen molar-refractivity contribution in [2.24, 2.45) is 0 Å². The van der Waals surface area contributed by atoms with Crippen LogP contribution in [-0.2, 0) is 6.42 Å². The normalized spacial score (nSPS) is 11.2. The lowest BCUT2D eigenvalue weighted by atomic mass is 10.1. The van der Waals surface area contributed by atoms with Crippen LogP contribution in [-0.4, -0.2) is 10.8 Å². The van der Waals surface area contributed by atoms with Gasteiger partial charge in [-0.05, 0) is 35.4 Å². The maximum absolute atomic E-state index is 12.8. The average molecular weight is 353 g/mol. The Hall–Kier alpha value is -3.05. The molecular weight excluding hydrogens is 340 g/mol. The summed E-state index contributed by atoms with van der Waals surface area (Å²) in [7, 11) is 0. The van der Waals surface area contributed by atoms with Crippen molar-refractivity contribution in [2.75, 3.05) is 0 Å². The molecule has 0 saturated carbocycles. The van der Waals surface area contributed by atoms with Gasteiger partial charge in [0.15, 0.2) is 6.20 Å². The van der Waals surface area contributed by atoms with Crippen LogP contribution >= 0.6 is 0 Å². The third-order valence-electron chi connectivity index (χ3n) is 4.29. The van der Waals surface area contributed by atoms with E-state index in [-0.39, 0.29) is 24.0 Å². The summed E-state index contributed by atoms with van der Waals surface area (Å²) >= 11 is 0. The number of aromatic nitrogens is 1. The second-order valence-corrected chi connectivity index (χ2v) is 5.69. The van der Waals surface area contributed by atoms with Crippen LogP contribution in [0.25, 0.3) is 11.1 Å². The Morgan fingerprint density at radius 2 is 1.76 bits per heavy atom. The molecule has 1 heterocycles. The van der Waals surface area contributed by atoms with Gasteiger partial charge in [-0.25, -0.2) is 4.79 Å². The van der Waals surface area contributed by atoms with Crippen molar-refractivity contribution >= 4 is 11.6 Å². The Bertz CT molecular complexity index is 987. The van der Waals surface area contributed by atoms with E-state index in [1.807, 2.05) is 30.3 Å². The molecule has 0 fully saturated rings. The fraction of sp³-hybridized carbons (Fsp3) is 0.0526. The molecule has 0 aliphatic heterocycles. The van der Waals surface area contributed by atoms with Gasteiger partial charge in [0.05, 0.1) is 22.5 Å². The average Bonchev–Trinajstić information content (AvgIpc) is 2.99. The third-order valence-corrected chi connectivity index (χ3v) is 4.29. The first kappa shape index (κ1) is 16.8. The van der Waals surface area contributed by atoms with Gasteiger partial charge in [0, 0.05) is 18.2 Å². The van der Waals surface area contributed by atoms with E-state index < -0.39 is 4.92 Å². The van der Waals surface area contributed by atoms with Gasteiger partial charge in [-0.1, -0.05) is 18.2 Å². The lowest BCUT2D eigenvalue weighted by molar-refractivity contribution is -0.578. The molecule has 0 unspecified atom stereocenters. The largest absolute Gasteiger partial charge is 1.00 e. The summed E-state index contributed by atoms with van der Waals surface area (Å²) in [6.45, 7) is 0. The van der Waals surface area contributed by atoms with Crippen LogP contribution < -0.4 is 17.0 Å². The number of hydrogen-bond donors (Lipinski definition) is 0. The fourth-order valence-corrected chi connectivity index (χ4v) is 3.16. The van der Waals surface area contributed by atoms with E-state index in [0.717, 1.165) is 22.4 Å². The monoisotopic (exact) mass is 352 g/mol. The molecule has 0 atom stereocenters. The zero-order chi connectivity index (χ0) is 16.7. The number of benzene rings is 2. The molecule has 1 aliphatic carbocycles. The number of non-ortho nitro benzene ring substituents is 1. The maximum Gasteiger partial charge on any atom is 0.424 e. The van der Waals surface area contributed by atoms with Crippen LogP contribution in [0, 0.1) is 10.1 Å². The highest BCUT2D eigenvalue weighted by Gasteiger charge is 2.32. The lowest BCUT2D eigenvalue weighted by Crippen LogP contribution is -3.00. The Labute approximate surface area is 150 Å². The number of pyridine rings is 1. The lowest BCUT2D eigenvalue weighted by Gasteiger charge is -2.01. The summed E-state index contributed by atoms with van der Waals surface area (Å²) in [5.74, 6) is -0.102. The summed E-state index contributed by atoms with van der Waals surface area (Å²) in [6.07, 6.45) is 2.25. The highest BCUT2D eigenvalue weighted by atomic mass is 35.5. The second kappa shape index (κ2) is 6.45. The van der Waals surface area contributed by atoms with Gasteiger partial charge in [-0.2, -0.15) is 0 Å². The Balaban J connectivity index is 0.00000182. The zero-order valence-corrected chi connectivity index (χ0v) is 13.8. The SMILES string of the molecule is O=C(c1ccccc1)[n+]1cccc2c1Cc1cc([N+](=O)[O-])ccc1-2.[Cl-]. The molecule has 2 aromatic carbocycles. The van der Waals surface area contributed by atoms with Crippen molar-refractivity contribution in [1.82, 2.24) is 0 Å². The van der Waals surface area contributed by atoms with Crippen molar-refractivity contribution in [2.45, 2.75) is 6.42 Å². The number of fused-ring (bicyclic) bond motifs is 3. The van der Waals surface area contributed by atoms with Gasteiger partial charge in [-0.3, -0.25) is 10.1 Å². The van der Waals surface area contributed by atoms with Crippen LogP contribution in [0.4, 0.5) is 5.69 Å². The number of carbonyl (C=O) groups excluding carboxylic acids is 1. The van der Waals surface area contributed by atoms with Gasteiger partial charge in [0.1, 0.15) is 0 Å². The quantitative estimate of drug-likeness (QED) is 0.293. The van der Waals surface area contributed by atoms with Gasteiger partial charge < -0.3 is 12.4 Å². The molecule has 124 valence electrons. The minimum Gasteiger partial charge on any atom is -1.00 e. The third kappa shape index (κ3) is 2.79. The Kier molecular flexibility index (Phi) is 4.33. The summed E-state index contributed by atoms with van der Waals surface area (Å²) in [5.41, 5.74) is 4.32. The molecule has 0 bridgehead atoms. The molecule has 0 N–H and O–H groups in total. The van der Waals surface area contributed by atoms with Crippen molar-refractivity contribution in [3.63, 3.8) is 0 Å². The number of rotatable bonds is 2. The molecule has 25 heavy (non-hydrogen) atoms. The first-order valence-corrected chi connectivity index (χ1v) is 7.56. The molecule has 5 nitrogen and oxygen atoms in total. The number of nitrogens with zero attached hydrogens (tertiary/aromatic N) is 2. The highest BCUT2D eigenvalue weighted by molar-refractivity contribution is 5.88. The molecule has 6 heteroatoms. The molecular formula is C19H13ClN2O3. The fourth-order valence-electron chi connectivity index (χ4n) is 3.16. The van der Waals surface area contributed by atoms with E-state index in [9.17, 15) is 14.9 Å². The van der Waals surface area contributed by atoms with E-state index in [4.69, 9.17) is 0 Å². The predicted molar refractivity (Wildman–Crippen MR) is 87.7 cm³/mol. The van der Waals surface area contributed by atoms with Gasteiger partial charge >= 0.3 is 5.91 Å². The van der Waals surface area contributed by atoms with E-state index in [1.165, 1.54) is 6.07 Å². The zero-order valence-electron chi connectivity index (χ0n) is 13.1. The van der Waals surface area contributed by atoms with Crippen LogP contribution in [0.1, 0.15) is 21.6 Å².